The monoisotopic (exact) mass is 358 g/mol. The number of hydrogen-bond acceptors (Lipinski definition) is 2. The van der Waals surface area contributed by atoms with E-state index in [2.05, 4.69) is 79.8 Å². The van der Waals surface area contributed by atoms with Gasteiger partial charge in [-0.1, -0.05) is 45.9 Å². The van der Waals surface area contributed by atoms with Gasteiger partial charge in [0.1, 0.15) is 5.82 Å². The highest BCUT2D eigenvalue weighted by atomic mass is 15.1. The van der Waals surface area contributed by atoms with Crippen molar-refractivity contribution in [2.45, 2.75) is 39.5 Å². The smallest absolute Gasteiger partial charge is 0.144 e. The molecule has 4 nitrogen and oxygen atoms in total. The molecule has 0 bridgehead atoms. The van der Waals surface area contributed by atoms with Crippen LogP contribution in [0.1, 0.15) is 50.7 Å². The molecular weight excluding hydrogens is 332 g/mol. The summed E-state index contributed by atoms with van der Waals surface area (Å²) in [5.74, 6) is 1.84. The predicted molar refractivity (Wildman–Crippen MR) is 111 cm³/mol. The number of aryl methyl sites for hydroxylation is 1. The fourth-order valence-corrected chi connectivity index (χ4v) is 3.75. The minimum absolute atomic E-state index is 0.438. The Morgan fingerprint density at radius 3 is 2.26 bits per heavy atom. The van der Waals surface area contributed by atoms with Crippen LogP contribution in [0, 0.1) is 0 Å². The number of benzene rings is 2. The van der Waals surface area contributed by atoms with Gasteiger partial charge in [-0.05, 0) is 41.2 Å². The molecule has 138 valence electrons. The van der Waals surface area contributed by atoms with E-state index in [0.717, 1.165) is 22.4 Å². The van der Waals surface area contributed by atoms with Crippen LogP contribution in [-0.4, -0.2) is 19.1 Å². The minimum atomic E-state index is 0.438. The maximum atomic E-state index is 4.72. The van der Waals surface area contributed by atoms with E-state index in [1.54, 1.807) is 0 Å². The van der Waals surface area contributed by atoms with Crippen LogP contribution in [0.2, 0.25) is 0 Å². The van der Waals surface area contributed by atoms with E-state index in [1.165, 1.54) is 16.8 Å². The Morgan fingerprint density at radius 2 is 1.59 bits per heavy atom. The first-order chi connectivity index (χ1) is 13.0. The summed E-state index contributed by atoms with van der Waals surface area (Å²) in [5.41, 5.74) is 7.18. The summed E-state index contributed by atoms with van der Waals surface area (Å²) in [6.45, 7) is 9.00. The first kappa shape index (κ1) is 17.5. The van der Waals surface area contributed by atoms with E-state index in [9.17, 15) is 0 Å². The van der Waals surface area contributed by atoms with E-state index in [1.807, 2.05) is 24.1 Å². The van der Waals surface area contributed by atoms with E-state index >= 15 is 0 Å². The molecule has 0 aliphatic heterocycles. The van der Waals surface area contributed by atoms with Crippen molar-refractivity contribution in [1.82, 2.24) is 19.1 Å². The summed E-state index contributed by atoms with van der Waals surface area (Å²) in [4.78, 5) is 9.15. The molecule has 4 heteroatoms. The summed E-state index contributed by atoms with van der Waals surface area (Å²) >= 11 is 0. The van der Waals surface area contributed by atoms with Crippen molar-refractivity contribution in [1.29, 1.82) is 0 Å². The Balaban J connectivity index is 1.95. The summed E-state index contributed by atoms with van der Waals surface area (Å²) in [5, 5.41) is 0. The van der Waals surface area contributed by atoms with E-state index < -0.39 is 0 Å². The Bertz CT molecular complexity index is 1070. The molecular formula is C23H26N4. The fraction of sp³-hybridized carbons (Fsp3) is 0.304. The number of aromatic nitrogens is 4. The topological polar surface area (TPSA) is 35.6 Å². The highest BCUT2D eigenvalue weighted by molar-refractivity contribution is 5.81. The molecule has 0 N–H and O–H groups in total. The lowest BCUT2D eigenvalue weighted by Crippen LogP contribution is -2.07. The molecule has 0 aliphatic carbocycles. The Morgan fingerprint density at radius 1 is 0.889 bits per heavy atom. The van der Waals surface area contributed by atoms with Crippen LogP contribution in [0.3, 0.4) is 0 Å². The third kappa shape index (κ3) is 2.95. The van der Waals surface area contributed by atoms with Crippen LogP contribution in [0.5, 0.6) is 0 Å². The van der Waals surface area contributed by atoms with Crippen molar-refractivity contribution >= 4 is 11.0 Å². The number of nitrogens with zero attached hydrogens (tertiary/aromatic N) is 4. The second-order valence-corrected chi connectivity index (χ2v) is 7.77. The van der Waals surface area contributed by atoms with Crippen LogP contribution in [-0.2, 0) is 7.05 Å². The lowest BCUT2D eigenvalue weighted by molar-refractivity contribution is 0.807. The lowest BCUT2D eigenvalue weighted by atomic mass is 9.92. The molecule has 0 fully saturated rings. The van der Waals surface area contributed by atoms with Gasteiger partial charge in [-0.3, -0.25) is 4.57 Å². The number of imidazole rings is 2. The number of para-hydroxylation sites is 1. The summed E-state index contributed by atoms with van der Waals surface area (Å²) in [7, 11) is 2.02. The Hall–Kier alpha value is -2.88. The van der Waals surface area contributed by atoms with Crippen LogP contribution in [0.4, 0.5) is 0 Å². The van der Waals surface area contributed by atoms with Crippen molar-refractivity contribution in [2.75, 3.05) is 0 Å². The van der Waals surface area contributed by atoms with Gasteiger partial charge in [0.05, 0.1) is 23.0 Å². The van der Waals surface area contributed by atoms with E-state index in [0.29, 0.717) is 11.8 Å². The van der Waals surface area contributed by atoms with Gasteiger partial charge in [-0.15, -0.1) is 0 Å². The quantitative estimate of drug-likeness (QED) is 0.471. The van der Waals surface area contributed by atoms with Gasteiger partial charge < -0.3 is 4.57 Å². The molecule has 0 amide bonds. The molecule has 4 rings (SSSR count). The van der Waals surface area contributed by atoms with Gasteiger partial charge in [-0.25, -0.2) is 9.97 Å². The normalized spacial score (nSPS) is 11.8. The molecule has 0 unspecified atom stereocenters. The van der Waals surface area contributed by atoms with Crippen LogP contribution in [0.25, 0.3) is 28.1 Å². The van der Waals surface area contributed by atoms with Gasteiger partial charge in [0.2, 0.25) is 0 Å². The van der Waals surface area contributed by atoms with Crippen molar-refractivity contribution in [3.63, 3.8) is 0 Å². The second-order valence-electron chi connectivity index (χ2n) is 7.77. The van der Waals surface area contributed by atoms with Crippen molar-refractivity contribution in [3.05, 3.63) is 66.2 Å². The maximum Gasteiger partial charge on any atom is 0.144 e. The molecule has 2 heterocycles. The first-order valence-corrected chi connectivity index (χ1v) is 9.55. The standard InChI is InChI=1S/C23H26N4/c1-15(2)18-7-6-8-19(16(3)4)22(18)27-12-11-24-23(27)17-9-10-20-21(13-17)26(5)14-25-20/h6-16H,1-5H3. The minimum Gasteiger partial charge on any atom is -0.334 e. The molecule has 0 aliphatic rings. The summed E-state index contributed by atoms with van der Waals surface area (Å²) in [6, 6.07) is 13.0. The van der Waals surface area contributed by atoms with Gasteiger partial charge in [-0.2, -0.15) is 0 Å². The maximum absolute atomic E-state index is 4.72. The van der Waals surface area contributed by atoms with Gasteiger partial charge in [0.15, 0.2) is 0 Å². The average Bonchev–Trinajstić information content (AvgIpc) is 3.27. The highest BCUT2D eigenvalue weighted by Crippen LogP contribution is 2.34. The van der Waals surface area contributed by atoms with Gasteiger partial charge >= 0.3 is 0 Å². The molecule has 0 atom stereocenters. The number of rotatable bonds is 4. The summed E-state index contributed by atoms with van der Waals surface area (Å²) < 4.78 is 4.30. The molecule has 2 aromatic carbocycles. The number of hydrogen-bond donors (Lipinski definition) is 0. The zero-order chi connectivity index (χ0) is 19.1. The fourth-order valence-electron chi connectivity index (χ4n) is 3.75. The highest BCUT2D eigenvalue weighted by Gasteiger charge is 2.18. The first-order valence-electron chi connectivity index (χ1n) is 9.55. The van der Waals surface area contributed by atoms with Crippen LogP contribution >= 0.6 is 0 Å². The SMILES string of the molecule is CC(C)c1cccc(C(C)C)c1-n1ccnc1-c1ccc2ncn(C)c2c1. The van der Waals surface area contributed by atoms with Crippen LogP contribution < -0.4 is 0 Å². The van der Waals surface area contributed by atoms with Crippen molar-refractivity contribution in [2.24, 2.45) is 7.05 Å². The molecule has 0 saturated carbocycles. The average molecular weight is 358 g/mol. The molecule has 0 saturated heterocycles. The summed E-state index contributed by atoms with van der Waals surface area (Å²) in [6.07, 6.45) is 5.83. The van der Waals surface area contributed by atoms with Crippen LogP contribution in [0.15, 0.2) is 55.1 Å². The molecule has 4 aromatic rings. The van der Waals surface area contributed by atoms with Crippen molar-refractivity contribution in [3.8, 4) is 17.1 Å². The van der Waals surface area contributed by atoms with Gasteiger partial charge in [0, 0.05) is 25.0 Å². The predicted octanol–water partition coefficient (Wildman–Crippen LogP) is 5.67. The molecule has 0 spiro atoms. The zero-order valence-electron chi connectivity index (χ0n) is 16.6. The Labute approximate surface area is 160 Å². The third-order valence-electron chi connectivity index (χ3n) is 5.21. The van der Waals surface area contributed by atoms with E-state index in [4.69, 9.17) is 4.98 Å². The molecule has 0 radical (unpaired) electrons. The zero-order valence-corrected chi connectivity index (χ0v) is 16.6. The van der Waals surface area contributed by atoms with Gasteiger partial charge in [0.25, 0.3) is 0 Å². The largest absolute Gasteiger partial charge is 0.334 e. The van der Waals surface area contributed by atoms with E-state index in [-0.39, 0.29) is 0 Å². The Kier molecular flexibility index (Phi) is 4.34. The third-order valence-corrected chi connectivity index (χ3v) is 5.21. The second kappa shape index (κ2) is 6.69. The molecule has 2 aromatic heterocycles. The lowest BCUT2D eigenvalue weighted by Gasteiger charge is -2.21. The van der Waals surface area contributed by atoms with Crippen molar-refractivity contribution < 1.29 is 0 Å². The molecule has 27 heavy (non-hydrogen) atoms. The number of fused-ring (bicyclic) bond motifs is 1.